The van der Waals surface area contributed by atoms with Crippen LogP contribution in [0.15, 0.2) is 36.4 Å². The summed E-state index contributed by atoms with van der Waals surface area (Å²) >= 11 is 11.9. The van der Waals surface area contributed by atoms with Gasteiger partial charge in [-0.15, -0.1) is 0 Å². The Balaban J connectivity index is 2.58. The van der Waals surface area contributed by atoms with Gasteiger partial charge >= 0.3 is 0 Å². The normalized spacial score (nSPS) is 11.8. The zero-order valence-corrected chi connectivity index (χ0v) is 11.9. The van der Waals surface area contributed by atoms with Gasteiger partial charge in [0, 0.05) is 15.6 Å². The van der Waals surface area contributed by atoms with Crippen molar-refractivity contribution in [3.05, 3.63) is 69.2 Å². The molecule has 0 saturated carbocycles. The maximum Gasteiger partial charge on any atom is 0.190 e. The predicted molar refractivity (Wildman–Crippen MR) is 75.5 cm³/mol. The summed E-state index contributed by atoms with van der Waals surface area (Å²) in [4.78, 5) is 12.3. The number of benzene rings is 2. The Morgan fingerprint density at radius 2 is 1.52 bits per heavy atom. The molecule has 0 aromatic heterocycles. The average Bonchev–Trinajstić information content (AvgIpc) is 2.42. The van der Waals surface area contributed by atoms with Crippen molar-refractivity contribution >= 4 is 29.0 Å². The highest BCUT2D eigenvalue weighted by molar-refractivity contribution is 6.36. The van der Waals surface area contributed by atoms with E-state index in [0.717, 1.165) is 18.2 Å². The van der Waals surface area contributed by atoms with Crippen molar-refractivity contribution in [2.75, 3.05) is 0 Å². The number of carbonyl (C=O) groups excluding carboxylic acids is 1. The zero-order chi connectivity index (χ0) is 15.6. The maximum atomic E-state index is 13.7. The first kappa shape index (κ1) is 15.4. The minimum Gasteiger partial charge on any atom is -0.292 e. The third-order valence-corrected chi connectivity index (χ3v) is 3.55. The molecule has 1 unspecified atom stereocenters. The zero-order valence-electron chi connectivity index (χ0n) is 10.4. The monoisotopic (exact) mass is 325 g/mol. The van der Waals surface area contributed by atoms with Gasteiger partial charge in [0.15, 0.2) is 5.78 Å². The SMILES string of the molecule is N#CC(C(=O)c1c(F)cccc1F)c1c(Cl)cccc1Cl. The summed E-state index contributed by atoms with van der Waals surface area (Å²) < 4.78 is 27.4. The van der Waals surface area contributed by atoms with Gasteiger partial charge in [-0.2, -0.15) is 5.26 Å². The summed E-state index contributed by atoms with van der Waals surface area (Å²) in [6, 6.07) is 9.14. The lowest BCUT2D eigenvalue weighted by atomic mass is 9.91. The molecule has 2 nitrogen and oxygen atoms in total. The van der Waals surface area contributed by atoms with Crippen molar-refractivity contribution in [3.63, 3.8) is 0 Å². The third kappa shape index (κ3) is 2.90. The van der Waals surface area contributed by atoms with Gasteiger partial charge in [-0.25, -0.2) is 8.78 Å². The van der Waals surface area contributed by atoms with Crippen molar-refractivity contribution in [2.45, 2.75) is 5.92 Å². The fourth-order valence-corrected chi connectivity index (χ4v) is 2.53. The molecular formula is C15H7Cl2F2NO. The van der Waals surface area contributed by atoms with E-state index in [4.69, 9.17) is 23.2 Å². The molecule has 2 aromatic rings. The molecule has 2 rings (SSSR count). The lowest BCUT2D eigenvalue weighted by molar-refractivity contribution is 0.0970. The van der Waals surface area contributed by atoms with Gasteiger partial charge in [-0.1, -0.05) is 35.3 Å². The predicted octanol–water partition coefficient (Wildman–Crippen LogP) is 4.76. The molecule has 0 aliphatic carbocycles. The first-order chi connectivity index (χ1) is 9.97. The first-order valence-electron chi connectivity index (χ1n) is 5.79. The topological polar surface area (TPSA) is 40.9 Å². The lowest BCUT2D eigenvalue weighted by Crippen LogP contribution is -2.15. The molecule has 2 aromatic carbocycles. The summed E-state index contributed by atoms with van der Waals surface area (Å²) in [5.41, 5.74) is -0.740. The van der Waals surface area contributed by atoms with Crippen LogP contribution in [0, 0.1) is 23.0 Å². The van der Waals surface area contributed by atoms with E-state index in [1.165, 1.54) is 18.2 Å². The molecule has 0 aliphatic heterocycles. The van der Waals surface area contributed by atoms with Crippen LogP contribution in [0.5, 0.6) is 0 Å². The molecular weight excluding hydrogens is 319 g/mol. The number of nitriles is 1. The smallest absolute Gasteiger partial charge is 0.190 e. The molecule has 0 spiro atoms. The van der Waals surface area contributed by atoms with Crippen molar-refractivity contribution in [1.29, 1.82) is 5.26 Å². The van der Waals surface area contributed by atoms with E-state index < -0.39 is 28.9 Å². The number of carbonyl (C=O) groups is 1. The number of ketones is 1. The molecule has 21 heavy (non-hydrogen) atoms. The van der Waals surface area contributed by atoms with Gasteiger partial charge in [0.2, 0.25) is 0 Å². The van der Waals surface area contributed by atoms with Crippen LogP contribution < -0.4 is 0 Å². The minimum absolute atomic E-state index is 0.0380. The van der Waals surface area contributed by atoms with E-state index in [-0.39, 0.29) is 15.6 Å². The van der Waals surface area contributed by atoms with Crippen LogP contribution in [0.25, 0.3) is 0 Å². The van der Waals surface area contributed by atoms with Gasteiger partial charge in [-0.3, -0.25) is 4.79 Å². The van der Waals surface area contributed by atoms with Crippen LogP contribution in [0.3, 0.4) is 0 Å². The highest BCUT2D eigenvalue weighted by Gasteiger charge is 2.30. The van der Waals surface area contributed by atoms with Crippen LogP contribution in [0.2, 0.25) is 10.0 Å². The maximum absolute atomic E-state index is 13.7. The third-order valence-electron chi connectivity index (χ3n) is 2.89. The van der Waals surface area contributed by atoms with E-state index in [1.54, 1.807) is 6.07 Å². The van der Waals surface area contributed by atoms with Crippen LogP contribution in [0.4, 0.5) is 8.78 Å². The summed E-state index contributed by atoms with van der Waals surface area (Å²) in [6.07, 6.45) is 0. The Bertz CT molecular complexity index is 715. The van der Waals surface area contributed by atoms with E-state index in [1.807, 2.05) is 0 Å². The lowest BCUT2D eigenvalue weighted by Gasteiger charge is -2.13. The Morgan fingerprint density at radius 1 is 1.05 bits per heavy atom. The average molecular weight is 326 g/mol. The fraction of sp³-hybridized carbons (Fsp3) is 0.0667. The Hall–Kier alpha value is -1.96. The van der Waals surface area contributed by atoms with Gasteiger partial charge in [0.25, 0.3) is 0 Å². The largest absolute Gasteiger partial charge is 0.292 e. The first-order valence-corrected chi connectivity index (χ1v) is 6.54. The highest BCUT2D eigenvalue weighted by atomic mass is 35.5. The molecule has 0 radical (unpaired) electrons. The molecule has 0 bridgehead atoms. The Kier molecular flexibility index (Phi) is 4.56. The van der Waals surface area contributed by atoms with Crippen LogP contribution in [-0.4, -0.2) is 5.78 Å². The standard InChI is InChI=1S/C15H7Cl2F2NO/c16-9-3-1-4-10(17)13(9)8(7-20)15(21)14-11(18)5-2-6-12(14)19/h1-6,8H. The summed E-state index contributed by atoms with van der Waals surface area (Å²) in [5, 5.41) is 9.37. The minimum atomic E-state index is -1.49. The molecule has 0 fully saturated rings. The summed E-state index contributed by atoms with van der Waals surface area (Å²) in [7, 11) is 0. The second-order valence-corrected chi connectivity index (χ2v) is 4.97. The van der Waals surface area contributed by atoms with Gasteiger partial charge in [-0.05, 0) is 24.3 Å². The van der Waals surface area contributed by atoms with Crippen LogP contribution in [0.1, 0.15) is 21.8 Å². The molecule has 0 amide bonds. The van der Waals surface area contributed by atoms with E-state index in [0.29, 0.717) is 0 Å². The summed E-state index contributed by atoms with van der Waals surface area (Å²) in [6.45, 7) is 0. The molecule has 0 saturated heterocycles. The quantitative estimate of drug-likeness (QED) is 0.763. The number of rotatable bonds is 3. The van der Waals surface area contributed by atoms with E-state index in [2.05, 4.69) is 0 Å². The molecule has 0 N–H and O–H groups in total. The Labute approximate surface area is 129 Å². The van der Waals surface area contributed by atoms with Crippen LogP contribution >= 0.6 is 23.2 Å². The fourth-order valence-electron chi connectivity index (χ4n) is 1.92. The van der Waals surface area contributed by atoms with Crippen molar-refractivity contribution in [1.82, 2.24) is 0 Å². The van der Waals surface area contributed by atoms with Crippen molar-refractivity contribution in [3.8, 4) is 6.07 Å². The molecule has 106 valence electrons. The van der Waals surface area contributed by atoms with Gasteiger partial charge in [0.05, 0.1) is 11.6 Å². The second kappa shape index (κ2) is 6.21. The number of hydrogen-bond acceptors (Lipinski definition) is 2. The molecule has 1 atom stereocenters. The van der Waals surface area contributed by atoms with Crippen LogP contribution in [-0.2, 0) is 0 Å². The van der Waals surface area contributed by atoms with Crippen molar-refractivity contribution < 1.29 is 13.6 Å². The highest BCUT2D eigenvalue weighted by Crippen LogP contribution is 2.34. The number of nitrogens with zero attached hydrogens (tertiary/aromatic N) is 1. The van der Waals surface area contributed by atoms with E-state index in [9.17, 15) is 18.8 Å². The Morgan fingerprint density at radius 3 is 2.00 bits per heavy atom. The molecule has 0 heterocycles. The molecule has 6 heteroatoms. The number of hydrogen-bond donors (Lipinski definition) is 0. The van der Waals surface area contributed by atoms with Crippen molar-refractivity contribution in [2.24, 2.45) is 0 Å². The van der Waals surface area contributed by atoms with Gasteiger partial charge in [0.1, 0.15) is 17.6 Å². The number of halogens is 4. The number of Topliss-reactive ketones (excluding diaryl/α,β-unsaturated/α-hetero) is 1. The van der Waals surface area contributed by atoms with Gasteiger partial charge < -0.3 is 0 Å². The summed E-state index contributed by atoms with van der Waals surface area (Å²) in [5.74, 6) is -4.59. The van der Waals surface area contributed by atoms with E-state index >= 15 is 0 Å². The second-order valence-electron chi connectivity index (χ2n) is 4.16. The molecule has 0 aliphatic rings.